The number of carbonyl (C=O) groups is 2. The van der Waals surface area contributed by atoms with Gasteiger partial charge >= 0.3 is 5.97 Å². The van der Waals surface area contributed by atoms with Crippen LogP contribution in [0.15, 0.2) is 18.2 Å². The second-order valence-corrected chi connectivity index (χ2v) is 3.50. The van der Waals surface area contributed by atoms with Crippen LogP contribution in [-0.4, -0.2) is 25.5 Å². The highest BCUT2D eigenvalue weighted by molar-refractivity contribution is 5.78. The van der Waals surface area contributed by atoms with Crippen molar-refractivity contribution in [3.63, 3.8) is 0 Å². The van der Waals surface area contributed by atoms with Gasteiger partial charge in [0.15, 0.2) is 6.61 Å². The first-order valence-corrected chi connectivity index (χ1v) is 5.00. The molecule has 0 aliphatic carbocycles. The summed E-state index contributed by atoms with van der Waals surface area (Å²) in [6.07, 6.45) is 0.0448. The summed E-state index contributed by atoms with van der Waals surface area (Å²) in [4.78, 5) is 21.6. The summed E-state index contributed by atoms with van der Waals surface area (Å²) in [5, 5.41) is 0. The first-order valence-electron chi connectivity index (χ1n) is 5.00. The highest BCUT2D eigenvalue weighted by Crippen LogP contribution is 2.17. The van der Waals surface area contributed by atoms with Gasteiger partial charge in [-0.2, -0.15) is 0 Å². The number of Topliss-reactive ketones (excluding diaryl/α,β-unsaturated/α-hetero) is 1. The largest absolute Gasteiger partial charge is 0.482 e. The number of carbonyl (C=O) groups excluding carboxylic acids is 2. The van der Waals surface area contributed by atoms with Crippen LogP contribution in [0.3, 0.4) is 0 Å². The van der Waals surface area contributed by atoms with Crippen molar-refractivity contribution in [2.75, 3.05) is 13.7 Å². The summed E-state index contributed by atoms with van der Waals surface area (Å²) in [5.74, 6) is -0.965. The standard InChI is InChI=1S/C12H13FO4/c1-8(14)5-9-3-4-10(6-11(9)13)17-7-12(15)16-2/h3-4,6H,5,7H2,1-2H3. The topological polar surface area (TPSA) is 52.6 Å². The molecule has 1 rings (SSSR count). The average molecular weight is 240 g/mol. The second kappa shape index (κ2) is 5.98. The summed E-state index contributed by atoms with van der Waals surface area (Å²) in [6.45, 7) is 1.11. The van der Waals surface area contributed by atoms with Crippen LogP contribution in [0.1, 0.15) is 12.5 Å². The van der Waals surface area contributed by atoms with E-state index >= 15 is 0 Å². The third kappa shape index (κ3) is 4.22. The molecule has 0 aromatic heterocycles. The fraction of sp³-hybridized carbons (Fsp3) is 0.333. The van der Waals surface area contributed by atoms with Crippen molar-refractivity contribution in [1.82, 2.24) is 0 Å². The molecule has 0 N–H and O–H groups in total. The number of hydrogen-bond acceptors (Lipinski definition) is 4. The summed E-state index contributed by atoms with van der Waals surface area (Å²) < 4.78 is 22.8. The Morgan fingerprint density at radius 1 is 1.35 bits per heavy atom. The Labute approximate surface area is 98.3 Å². The number of ketones is 1. The van der Waals surface area contributed by atoms with Crippen molar-refractivity contribution in [2.45, 2.75) is 13.3 Å². The predicted molar refractivity (Wildman–Crippen MR) is 58.3 cm³/mol. The molecular formula is C12H13FO4. The lowest BCUT2D eigenvalue weighted by molar-refractivity contribution is -0.142. The van der Waals surface area contributed by atoms with Crippen molar-refractivity contribution in [3.05, 3.63) is 29.6 Å². The first-order chi connectivity index (χ1) is 8.02. The van der Waals surface area contributed by atoms with Gasteiger partial charge in [-0.15, -0.1) is 0 Å². The van der Waals surface area contributed by atoms with Crippen LogP contribution in [0, 0.1) is 5.82 Å². The van der Waals surface area contributed by atoms with Crippen molar-refractivity contribution in [2.24, 2.45) is 0 Å². The molecule has 0 heterocycles. The Balaban J connectivity index is 2.68. The van der Waals surface area contributed by atoms with Gasteiger partial charge in [0.2, 0.25) is 0 Å². The van der Waals surface area contributed by atoms with E-state index in [2.05, 4.69) is 4.74 Å². The molecule has 0 atom stereocenters. The summed E-state index contributed by atoms with van der Waals surface area (Å²) in [5.41, 5.74) is 0.308. The predicted octanol–water partition coefficient (Wildman–Crippen LogP) is 1.51. The summed E-state index contributed by atoms with van der Waals surface area (Å²) in [6, 6.07) is 4.11. The molecule has 0 saturated carbocycles. The van der Waals surface area contributed by atoms with E-state index in [-0.39, 0.29) is 24.6 Å². The minimum Gasteiger partial charge on any atom is -0.482 e. The van der Waals surface area contributed by atoms with Gasteiger partial charge < -0.3 is 9.47 Å². The third-order valence-electron chi connectivity index (χ3n) is 2.05. The molecule has 0 saturated heterocycles. The molecule has 0 amide bonds. The van der Waals surface area contributed by atoms with E-state index in [1.54, 1.807) is 0 Å². The fourth-order valence-corrected chi connectivity index (χ4v) is 1.23. The maximum absolute atomic E-state index is 13.5. The van der Waals surface area contributed by atoms with Gasteiger partial charge in [0.1, 0.15) is 17.3 Å². The monoisotopic (exact) mass is 240 g/mol. The summed E-state index contributed by atoms with van der Waals surface area (Å²) >= 11 is 0. The molecular weight excluding hydrogens is 227 g/mol. The van der Waals surface area contributed by atoms with Crippen LogP contribution in [-0.2, 0) is 20.7 Å². The number of benzene rings is 1. The number of methoxy groups -OCH3 is 1. The molecule has 0 spiro atoms. The van der Waals surface area contributed by atoms with E-state index in [1.165, 1.54) is 26.2 Å². The summed E-state index contributed by atoms with van der Waals surface area (Å²) in [7, 11) is 1.24. The van der Waals surface area contributed by atoms with Gasteiger partial charge in [-0.1, -0.05) is 6.07 Å². The normalized spacial score (nSPS) is 9.82. The number of rotatable bonds is 5. The lowest BCUT2D eigenvalue weighted by atomic mass is 10.1. The minimum atomic E-state index is -0.543. The van der Waals surface area contributed by atoms with E-state index in [9.17, 15) is 14.0 Å². The molecule has 92 valence electrons. The number of hydrogen-bond donors (Lipinski definition) is 0. The van der Waals surface area contributed by atoms with E-state index in [0.717, 1.165) is 6.07 Å². The van der Waals surface area contributed by atoms with Gasteiger partial charge in [-0.25, -0.2) is 9.18 Å². The molecule has 1 aromatic rings. The molecule has 0 fully saturated rings. The fourth-order valence-electron chi connectivity index (χ4n) is 1.23. The van der Waals surface area contributed by atoms with Gasteiger partial charge in [-0.3, -0.25) is 4.79 Å². The molecule has 0 radical (unpaired) electrons. The second-order valence-electron chi connectivity index (χ2n) is 3.50. The van der Waals surface area contributed by atoms with Crippen LogP contribution < -0.4 is 4.74 Å². The van der Waals surface area contributed by atoms with Crippen LogP contribution in [0.2, 0.25) is 0 Å². The molecule has 0 unspecified atom stereocenters. The van der Waals surface area contributed by atoms with E-state index in [0.29, 0.717) is 5.56 Å². The molecule has 0 bridgehead atoms. The third-order valence-corrected chi connectivity index (χ3v) is 2.05. The maximum atomic E-state index is 13.5. The Bertz CT molecular complexity index is 429. The zero-order valence-electron chi connectivity index (χ0n) is 9.66. The van der Waals surface area contributed by atoms with Gasteiger partial charge in [0.25, 0.3) is 0 Å². The van der Waals surface area contributed by atoms with Gasteiger partial charge in [0.05, 0.1) is 7.11 Å². The maximum Gasteiger partial charge on any atom is 0.343 e. The van der Waals surface area contributed by atoms with E-state index < -0.39 is 11.8 Å². The first kappa shape index (κ1) is 13.2. The molecule has 0 aliphatic heterocycles. The quantitative estimate of drug-likeness (QED) is 0.732. The lowest BCUT2D eigenvalue weighted by Gasteiger charge is -2.06. The smallest absolute Gasteiger partial charge is 0.343 e. The Morgan fingerprint density at radius 3 is 2.59 bits per heavy atom. The van der Waals surface area contributed by atoms with Crippen LogP contribution in [0.4, 0.5) is 4.39 Å². The van der Waals surface area contributed by atoms with Crippen molar-refractivity contribution in [3.8, 4) is 5.75 Å². The van der Waals surface area contributed by atoms with Crippen LogP contribution in [0.25, 0.3) is 0 Å². The molecule has 17 heavy (non-hydrogen) atoms. The Kier molecular flexibility index (Phi) is 4.63. The Hall–Kier alpha value is -1.91. The number of halogens is 1. The van der Waals surface area contributed by atoms with E-state index in [1.807, 2.05) is 0 Å². The highest BCUT2D eigenvalue weighted by Gasteiger charge is 2.08. The lowest BCUT2D eigenvalue weighted by Crippen LogP contribution is -2.12. The van der Waals surface area contributed by atoms with Gasteiger partial charge in [-0.05, 0) is 18.6 Å². The van der Waals surface area contributed by atoms with Crippen LogP contribution in [0.5, 0.6) is 5.75 Å². The number of esters is 1. The minimum absolute atomic E-state index is 0.0448. The van der Waals surface area contributed by atoms with E-state index in [4.69, 9.17) is 4.74 Å². The van der Waals surface area contributed by atoms with Gasteiger partial charge in [0, 0.05) is 12.5 Å². The molecule has 4 nitrogen and oxygen atoms in total. The highest BCUT2D eigenvalue weighted by atomic mass is 19.1. The molecule has 5 heteroatoms. The Morgan fingerprint density at radius 2 is 2.06 bits per heavy atom. The zero-order chi connectivity index (χ0) is 12.8. The molecule has 1 aromatic carbocycles. The van der Waals surface area contributed by atoms with Crippen molar-refractivity contribution in [1.29, 1.82) is 0 Å². The van der Waals surface area contributed by atoms with Crippen molar-refractivity contribution < 1.29 is 23.5 Å². The molecule has 0 aliphatic rings. The van der Waals surface area contributed by atoms with Crippen molar-refractivity contribution >= 4 is 11.8 Å². The van der Waals surface area contributed by atoms with Crippen LogP contribution >= 0.6 is 0 Å². The zero-order valence-corrected chi connectivity index (χ0v) is 9.66. The SMILES string of the molecule is COC(=O)COc1ccc(CC(C)=O)c(F)c1. The number of ether oxygens (including phenoxy) is 2. The average Bonchev–Trinajstić information content (AvgIpc) is 2.28.